The Morgan fingerprint density at radius 2 is 1.80 bits per heavy atom. The SMILES string of the molecule is COC(=O)Cc1c(C(=O)c2ccc3c(c2)OCCO3)[nH]c2ccc(C(F)(F)F)cc12. The number of H-pyrrole nitrogens is 1. The van der Waals surface area contributed by atoms with Crippen LogP contribution in [0.1, 0.15) is 27.2 Å². The van der Waals surface area contributed by atoms with Crippen molar-refractivity contribution in [1.29, 1.82) is 0 Å². The van der Waals surface area contributed by atoms with E-state index in [-0.39, 0.29) is 28.6 Å². The molecule has 1 N–H and O–H groups in total. The van der Waals surface area contributed by atoms with Gasteiger partial charge in [-0.25, -0.2) is 0 Å². The van der Waals surface area contributed by atoms with E-state index in [1.54, 1.807) is 6.07 Å². The van der Waals surface area contributed by atoms with Gasteiger partial charge in [0.15, 0.2) is 11.5 Å². The maximum Gasteiger partial charge on any atom is 0.416 e. The molecule has 0 saturated heterocycles. The molecule has 6 nitrogen and oxygen atoms in total. The fourth-order valence-electron chi connectivity index (χ4n) is 3.35. The van der Waals surface area contributed by atoms with Crippen LogP contribution < -0.4 is 9.47 Å². The highest BCUT2D eigenvalue weighted by Crippen LogP contribution is 2.35. The van der Waals surface area contributed by atoms with Gasteiger partial charge in [-0.1, -0.05) is 0 Å². The summed E-state index contributed by atoms with van der Waals surface area (Å²) in [5.41, 5.74) is -0.163. The lowest BCUT2D eigenvalue weighted by molar-refractivity contribution is -0.139. The summed E-state index contributed by atoms with van der Waals surface area (Å²) < 4.78 is 55.1. The quantitative estimate of drug-likeness (QED) is 0.513. The van der Waals surface area contributed by atoms with Gasteiger partial charge in [-0.2, -0.15) is 13.2 Å². The van der Waals surface area contributed by atoms with Crippen molar-refractivity contribution < 1.29 is 37.0 Å². The average molecular weight is 419 g/mol. The molecule has 4 rings (SSSR count). The molecule has 3 aromatic rings. The Morgan fingerprint density at radius 3 is 2.50 bits per heavy atom. The van der Waals surface area contributed by atoms with Gasteiger partial charge in [0.05, 0.1) is 24.8 Å². The van der Waals surface area contributed by atoms with E-state index in [0.717, 1.165) is 12.1 Å². The number of alkyl halides is 3. The van der Waals surface area contributed by atoms with Crippen molar-refractivity contribution in [2.45, 2.75) is 12.6 Å². The molecule has 1 aliphatic heterocycles. The zero-order valence-corrected chi connectivity index (χ0v) is 15.8. The van der Waals surface area contributed by atoms with Crippen LogP contribution in [0, 0.1) is 0 Å². The fraction of sp³-hybridized carbons (Fsp3) is 0.238. The first-order valence-corrected chi connectivity index (χ1v) is 9.01. The maximum atomic E-state index is 13.2. The van der Waals surface area contributed by atoms with Crippen LogP contribution in [0.3, 0.4) is 0 Å². The second-order valence-corrected chi connectivity index (χ2v) is 6.68. The Bertz CT molecular complexity index is 1150. The monoisotopic (exact) mass is 419 g/mol. The Kier molecular flexibility index (Phi) is 4.89. The van der Waals surface area contributed by atoms with Crippen molar-refractivity contribution in [3.63, 3.8) is 0 Å². The average Bonchev–Trinajstić information content (AvgIpc) is 3.09. The third kappa shape index (κ3) is 3.58. The minimum atomic E-state index is -4.56. The summed E-state index contributed by atoms with van der Waals surface area (Å²) in [5.74, 6) is -0.267. The maximum absolute atomic E-state index is 13.2. The summed E-state index contributed by atoms with van der Waals surface area (Å²) in [7, 11) is 1.17. The van der Waals surface area contributed by atoms with E-state index < -0.39 is 23.5 Å². The molecule has 9 heteroatoms. The van der Waals surface area contributed by atoms with Crippen LogP contribution in [0.2, 0.25) is 0 Å². The number of ether oxygens (including phenoxy) is 3. The Balaban J connectivity index is 1.83. The molecule has 30 heavy (non-hydrogen) atoms. The van der Waals surface area contributed by atoms with Crippen molar-refractivity contribution >= 4 is 22.7 Å². The first-order valence-electron chi connectivity index (χ1n) is 9.01. The summed E-state index contributed by atoms with van der Waals surface area (Å²) in [6.07, 6.45) is -4.92. The number of nitrogens with one attached hydrogen (secondary N) is 1. The summed E-state index contributed by atoms with van der Waals surface area (Å²) in [4.78, 5) is 27.9. The van der Waals surface area contributed by atoms with E-state index in [9.17, 15) is 22.8 Å². The molecule has 2 aromatic carbocycles. The predicted molar refractivity (Wildman–Crippen MR) is 99.9 cm³/mol. The van der Waals surface area contributed by atoms with Gasteiger partial charge in [0.1, 0.15) is 13.2 Å². The number of methoxy groups -OCH3 is 1. The lowest BCUT2D eigenvalue weighted by Gasteiger charge is -2.18. The van der Waals surface area contributed by atoms with Crippen molar-refractivity contribution in [3.8, 4) is 11.5 Å². The highest BCUT2D eigenvalue weighted by molar-refractivity contribution is 6.12. The van der Waals surface area contributed by atoms with E-state index in [1.807, 2.05) is 0 Å². The summed E-state index contributed by atoms with van der Waals surface area (Å²) >= 11 is 0. The third-order valence-electron chi connectivity index (χ3n) is 4.81. The van der Waals surface area contributed by atoms with Crippen LogP contribution in [0.25, 0.3) is 10.9 Å². The smallest absolute Gasteiger partial charge is 0.416 e. The lowest BCUT2D eigenvalue weighted by Crippen LogP contribution is -2.16. The molecule has 0 radical (unpaired) electrons. The second kappa shape index (κ2) is 7.40. The minimum absolute atomic E-state index is 0.0198. The van der Waals surface area contributed by atoms with Crippen molar-refractivity contribution in [3.05, 3.63) is 58.8 Å². The number of carbonyl (C=O) groups excluding carboxylic acids is 2. The number of carbonyl (C=O) groups is 2. The fourth-order valence-corrected chi connectivity index (χ4v) is 3.35. The molecule has 1 aliphatic rings. The van der Waals surface area contributed by atoms with Crippen LogP contribution in [0.15, 0.2) is 36.4 Å². The van der Waals surface area contributed by atoms with Gasteiger partial charge in [0, 0.05) is 22.0 Å². The number of hydrogen-bond acceptors (Lipinski definition) is 5. The molecule has 2 heterocycles. The zero-order chi connectivity index (χ0) is 21.5. The van der Waals surface area contributed by atoms with Crippen molar-refractivity contribution in [2.24, 2.45) is 0 Å². The van der Waals surface area contributed by atoms with Crippen LogP contribution in [-0.2, 0) is 22.1 Å². The van der Waals surface area contributed by atoms with Gasteiger partial charge >= 0.3 is 12.1 Å². The van der Waals surface area contributed by atoms with E-state index in [0.29, 0.717) is 30.2 Å². The standard InChI is InChI=1S/C21H16F3NO5/c1-28-18(26)10-14-13-9-12(21(22,23)24)3-4-15(13)25-19(14)20(27)11-2-5-16-17(8-11)30-7-6-29-16/h2-5,8-9,25H,6-7,10H2,1H3. The molecule has 0 amide bonds. The molecule has 0 unspecified atom stereocenters. The van der Waals surface area contributed by atoms with E-state index in [1.165, 1.54) is 25.3 Å². The number of aromatic nitrogens is 1. The number of rotatable bonds is 4. The van der Waals surface area contributed by atoms with Gasteiger partial charge in [0.2, 0.25) is 5.78 Å². The summed E-state index contributed by atoms with van der Waals surface area (Å²) in [6, 6.07) is 7.70. The highest BCUT2D eigenvalue weighted by atomic mass is 19.4. The van der Waals surface area contributed by atoms with Crippen LogP contribution in [0.5, 0.6) is 11.5 Å². The Labute approximate surface area is 168 Å². The normalized spacial score (nSPS) is 13.3. The van der Waals surface area contributed by atoms with E-state index >= 15 is 0 Å². The number of halogens is 3. The zero-order valence-electron chi connectivity index (χ0n) is 15.8. The first-order chi connectivity index (χ1) is 14.3. The van der Waals surface area contributed by atoms with Gasteiger partial charge < -0.3 is 19.2 Å². The molecular formula is C21H16F3NO5. The molecule has 0 fully saturated rings. The number of aromatic amines is 1. The Morgan fingerprint density at radius 1 is 1.07 bits per heavy atom. The van der Waals surface area contributed by atoms with Crippen LogP contribution in [0.4, 0.5) is 13.2 Å². The molecule has 156 valence electrons. The number of hydrogen-bond donors (Lipinski definition) is 1. The number of esters is 1. The molecule has 0 bridgehead atoms. The highest BCUT2D eigenvalue weighted by Gasteiger charge is 2.32. The summed E-state index contributed by atoms with van der Waals surface area (Å²) in [5, 5.41) is 0.135. The molecule has 1 aromatic heterocycles. The first kappa shape index (κ1) is 19.8. The molecule has 0 aliphatic carbocycles. The van der Waals surface area contributed by atoms with Gasteiger partial charge in [-0.15, -0.1) is 0 Å². The predicted octanol–water partition coefficient (Wildman–Crippen LogP) is 3.90. The number of fused-ring (bicyclic) bond motifs is 2. The summed E-state index contributed by atoms with van der Waals surface area (Å²) in [6.45, 7) is 0.734. The van der Waals surface area contributed by atoms with E-state index in [4.69, 9.17) is 9.47 Å². The van der Waals surface area contributed by atoms with Crippen molar-refractivity contribution in [2.75, 3.05) is 20.3 Å². The van der Waals surface area contributed by atoms with Crippen molar-refractivity contribution in [1.82, 2.24) is 4.98 Å². The van der Waals surface area contributed by atoms with Gasteiger partial charge in [0.25, 0.3) is 0 Å². The topological polar surface area (TPSA) is 77.6 Å². The van der Waals surface area contributed by atoms with Gasteiger partial charge in [-0.05, 0) is 36.4 Å². The second-order valence-electron chi connectivity index (χ2n) is 6.68. The van der Waals surface area contributed by atoms with Gasteiger partial charge in [-0.3, -0.25) is 9.59 Å². The Hall–Kier alpha value is -3.49. The lowest BCUT2D eigenvalue weighted by atomic mass is 10.00. The number of benzene rings is 2. The minimum Gasteiger partial charge on any atom is -0.486 e. The van der Waals surface area contributed by atoms with Crippen LogP contribution in [-0.4, -0.2) is 37.1 Å². The molecule has 0 atom stereocenters. The largest absolute Gasteiger partial charge is 0.486 e. The van der Waals surface area contributed by atoms with Crippen LogP contribution >= 0.6 is 0 Å². The van der Waals surface area contributed by atoms with E-state index in [2.05, 4.69) is 9.72 Å². The molecule has 0 saturated carbocycles. The molecular weight excluding hydrogens is 403 g/mol. The third-order valence-corrected chi connectivity index (χ3v) is 4.81. The molecule has 0 spiro atoms. The number of ketones is 1.